The van der Waals surface area contributed by atoms with E-state index in [1.807, 2.05) is 30.3 Å². The Hall–Kier alpha value is -1.68. The third kappa shape index (κ3) is 8.97. The van der Waals surface area contributed by atoms with Gasteiger partial charge in [-0.05, 0) is 25.3 Å². The first-order valence-corrected chi connectivity index (χ1v) is 7.38. The summed E-state index contributed by atoms with van der Waals surface area (Å²) in [5, 5.41) is 0. The highest BCUT2D eigenvalue weighted by molar-refractivity contribution is 5.78. The molecule has 1 aromatic rings. The molecule has 0 aliphatic carbocycles. The summed E-state index contributed by atoms with van der Waals surface area (Å²) in [6.45, 7) is 4.35. The van der Waals surface area contributed by atoms with Gasteiger partial charge in [-0.1, -0.05) is 30.3 Å². The molecule has 0 heterocycles. The molecule has 0 radical (unpaired) electrons. The molecule has 1 rings (SSSR count). The Bertz CT molecular complexity index is 428. The fourth-order valence-electron chi connectivity index (χ4n) is 1.97. The lowest BCUT2D eigenvalue weighted by atomic mass is 10.1. The average molecular weight is 292 g/mol. The first-order valence-electron chi connectivity index (χ1n) is 7.38. The van der Waals surface area contributed by atoms with E-state index in [-0.39, 0.29) is 17.9 Å². The van der Waals surface area contributed by atoms with E-state index in [0.717, 1.165) is 12.0 Å². The molecular formula is C17H24O4. The monoisotopic (exact) mass is 292 g/mol. The van der Waals surface area contributed by atoms with Gasteiger partial charge in [0.05, 0.1) is 12.7 Å². The number of hydrogen-bond donors (Lipinski definition) is 0. The van der Waals surface area contributed by atoms with E-state index in [4.69, 9.17) is 9.47 Å². The fraction of sp³-hybridized carbons (Fsp3) is 0.529. The lowest BCUT2D eigenvalue weighted by Gasteiger charge is -2.10. The molecule has 0 fully saturated rings. The van der Waals surface area contributed by atoms with Crippen molar-refractivity contribution in [1.29, 1.82) is 0 Å². The minimum Gasteiger partial charge on any atom is -0.463 e. The SMILES string of the molecule is CC(=O)OC(C)CCC(=O)CCCOCc1ccccc1. The molecule has 0 saturated heterocycles. The number of carbonyl (C=O) groups excluding carboxylic acids is 2. The van der Waals surface area contributed by atoms with Crippen LogP contribution in [0.4, 0.5) is 0 Å². The highest BCUT2D eigenvalue weighted by atomic mass is 16.5. The minimum absolute atomic E-state index is 0.192. The lowest BCUT2D eigenvalue weighted by molar-refractivity contribution is -0.146. The molecule has 0 N–H and O–H groups in total. The van der Waals surface area contributed by atoms with Crippen LogP contribution in [0.15, 0.2) is 30.3 Å². The van der Waals surface area contributed by atoms with Crippen molar-refractivity contribution in [1.82, 2.24) is 0 Å². The van der Waals surface area contributed by atoms with E-state index in [1.165, 1.54) is 6.92 Å². The van der Waals surface area contributed by atoms with Crippen LogP contribution in [0.5, 0.6) is 0 Å². The van der Waals surface area contributed by atoms with Crippen LogP contribution in [0.3, 0.4) is 0 Å². The Kier molecular flexibility index (Phi) is 8.36. The standard InChI is InChI=1S/C17H24O4/c1-14(21-15(2)18)10-11-17(19)9-6-12-20-13-16-7-4-3-5-8-16/h3-5,7-8,14H,6,9-13H2,1-2H3. The second kappa shape index (κ2) is 10.1. The zero-order valence-corrected chi connectivity index (χ0v) is 12.8. The van der Waals surface area contributed by atoms with E-state index in [0.29, 0.717) is 32.5 Å². The molecule has 0 aromatic heterocycles. The van der Waals surface area contributed by atoms with Crippen molar-refractivity contribution in [3.8, 4) is 0 Å². The van der Waals surface area contributed by atoms with Crippen molar-refractivity contribution >= 4 is 11.8 Å². The summed E-state index contributed by atoms with van der Waals surface area (Å²) in [4.78, 5) is 22.4. The van der Waals surface area contributed by atoms with Crippen LogP contribution >= 0.6 is 0 Å². The minimum atomic E-state index is -0.302. The molecule has 0 aliphatic heterocycles. The third-order valence-electron chi connectivity index (χ3n) is 3.05. The van der Waals surface area contributed by atoms with Crippen LogP contribution in [-0.4, -0.2) is 24.5 Å². The molecule has 0 aliphatic rings. The van der Waals surface area contributed by atoms with Gasteiger partial charge in [-0.15, -0.1) is 0 Å². The third-order valence-corrected chi connectivity index (χ3v) is 3.05. The average Bonchev–Trinajstić information content (AvgIpc) is 2.45. The molecule has 0 spiro atoms. The quantitative estimate of drug-likeness (QED) is 0.490. The molecule has 21 heavy (non-hydrogen) atoms. The first kappa shape index (κ1) is 17.4. The highest BCUT2D eigenvalue weighted by Gasteiger charge is 2.09. The van der Waals surface area contributed by atoms with Gasteiger partial charge in [-0.25, -0.2) is 0 Å². The molecule has 4 heteroatoms. The van der Waals surface area contributed by atoms with Gasteiger partial charge in [0.2, 0.25) is 0 Å². The zero-order valence-electron chi connectivity index (χ0n) is 12.8. The molecule has 4 nitrogen and oxygen atoms in total. The molecule has 1 unspecified atom stereocenters. The maximum Gasteiger partial charge on any atom is 0.302 e. The van der Waals surface area contributed by atoms with Crippen LogP contribution in [0, 0.1) is 0 Å². The summed E-state index contributed by atoms with van der Waals surface area (Å²) < 4.78 is 10.5. The number of ketones is 1. The fourth-order valence-corrected chi connectivity index (χ4v) is 1.97. The summed E-state index contributed by atoms with van der Waals surface area (Å²) in [5.41, 5.74) is 1.14. The van der Waals surface area contributed by atoms with E-state index in [9.17, 15) is 9.59 Å². The smallest absolute Gasteiger partial charge is 0.302 e. The summed E-state index contributed by atoms with van der Waals surface area (Å²) in [5.74, 6) is -0.110. The van der Waals surface area contributed by atoms with E-state index < -0.39 is 0 Å². The van der Waals surface area contributed by atoms with E-state index >= 15 is 0 Å². The number of hydrogen-bond acceptors (Lipinski definition) is 4. The van der Waals surface area contributed by atoms with Crippen molar-refractivity contribution in [2.24, 2.45) is 0 Å². The van der Waals surface area contributed by atoms with Crippen molar-refractivity contribution in [2.45, 2.75) is 52.2 Å². The lowest BCUT2D eigenvalue weighted by Crippen LogP contribution is -2.14. The topological polar surface area (TPSA) is 52.6 Å². The number of Topliss-reactive ketones (excluding diaryl/α,β-unsaturated/α-hetero) is 1. The van der Waals surface area contributed by atoms with Gasteiger partial charge in [-0.3, -0.25) is 9.59 Å². The van der Waals surface area contributed by atoms with Crippen molar-refractivity contribution in [3.63, 3.8) is 0 Å². The molecule has 116 valence electrons. The molecule has 0 amide bonds. The zero-order chi connectivity index (χ0) is 15.5. The van der Waals surface area contributed by atoms with E-state index in [1.54, 1.807) is 6.92 Å². The van der Waals surface area contributed by atoms with Gasteiger partial charge in [-0.2, -0.15) is 0 Å². The maximum atomic E-state index is 11.7. The molecular weight excluding hydrogens is 268 g/mol. The van der Waals surface area contributed by atoms with Crippen LogP contribution in [0.2, 0.25) is 0 Å². The molecule has 1 atom stereocenters. The highest BCUT2D eigenvalue weighted by Crippen LogP contribution is 2.06. The van der Waals surface area contributed by atoms with E-state index in [2.05, 4.69) is 0 Å². The molecule has 1 aromatic carbocycles. The Morgan fingerprint density at radius 2 is 1.86 bits per heavy atom. The van der Waals surface area contributed by atoms with Gasteiger partial charge in [0.25, 0.3) is 0 Å². The maximum absolute atomic E-state index is 11.7. The van der Waals surface area contributed by atoms with Gasteiger partial charge < -0.3 is 9.47 Å². The Labute approximate surface area is 126 Å². The van der Waals surface area contributed by atoms with Crippen LogP contribution in [0.1, 0.15) is 45.1 Å². The van der Waals surface area contributed by atoms with Crippen molar-refractivity contribution in [3.05, 3.63) is 35.9 Å². The Morgan fingerprint density at radius 3 is 2.52 bits per heavy atom. The summed E-state index contributed by atoms with van der Waals surface area (Å²) in [7, 11) is 0. The second-order valence-corrected chi connectivity index (χ2v) is 5.14. The number of ether oxygens (including phenoxy) is 2. The Morgan fingerprint density at radius 1 is 1.14 bits per heavy atom. The molecule has 0 bridgehead atoms. The number of rotatable bonds is 10. The summed E-state index contributed by atoms with van der Waals surface area (Å²) in [6, 6.07) is 9.96. The van der Waals surface area contributed by atoms with Gasteiger partial charge >= 0.3 is 5.97 Å². The van der Waals surface area contributed by atoms with Gasteiger partial charge in [0.1, 0.15) is 5.78 Å². The predicted octanol–water partition coefficient (Wildman–Crippen LogP) is 3.28. The van der Waals surface area contributed by atoms with Crippen LogP contribution in [0.25, 0.3) is 0 Å². The summed E-state index contributed by atoms with van der Waals surface area (Å²) >= 11 is 0. The predicted molar refractivity (Wildman–Crippen MR) is 80.8 cm³/mol. The molecule has 0 saturated carbocycles. The first-order chi connectivity index (χ1) is 10.1. The van der Waals surface area contributed by atoms with Crippen molar-refractivity contribution < 1.29 is 19.1 Å². The Balaban J connectivity index is 2.02. The normalized spacial score (nSPS) is 11.9. The number of carbonyl (C=O) groups is 2. The van der Waals surface area contributed by atoms with Crippen LogP contribution in [-0.2, 0) is 25.7 Å². The second-order valence-electron chi connectivity index (χ2n) is 5.14. The van der Waals surface area contributed by atoms with Crippen molar-refractivity contribution in [2.75, 3.05) is 6.61 Å². The van der Waals surface area contributed by atoms with Crippen LogP contribution < -0.4 is 0 Å². The number of benzene rings is 1. The number of esters is 1. The summed E-state index contributed by atoms with van der Waals surface area (Å²) in [6.07, 6.45) is 2.09. The van der Waals surface area contributed by atoms with Gasteiger partial charge in [0.15, 0.2) is 0 Å². The van der Waals surface area contributed by atoms with Gasteiger partial charge in [0, 0.05) is 26.4 Å². The largest absolute Gasteiger partial charge is 0.463 e.